The molecule has 0 spiro atoms. The normalized spacial score (nSPS) is 20.3. The third-order valence-corrected chi connectivity index (χ3v) is 3.41. The zero-order valence-corrected chi connectivity index (χ0v) is 12.0. The van der Waals surface area contributed by atoms with E-state index in [1.165, 1.54) is 0 Å². The van der Waals surface area contributed by atoms with E-state index in [0.29, 0.717) is 12.5 Å². The van der Waals surface area contributed by atoms with Gasteiger partial charge in [-0.25, -0.2) is 4.79 Å². The van der Waals surface area contributed by atoms with Gasteiger partial charge in [0.25, 0.3) is 0 Å². The molecule has 19 heavy (non-hydrogen) atoms. The number of nitrogens with one attached hydrogen (secondary N) is 2. The highest BCUT2D eigenvalue weighted by molar-refractivity contribution is 5.76. The van der Waals surface area contributed by atoms with Crippen LogP contribution in [0.2, 0.25) is 0 Å². The van der Waals surface area contributed by atoms with Gasteiger partial charge in [-0.1, -0.05) is 6.92 Å². The third-order valence-electron chi connectivity index (χ3n) is 3.41. The fourth-order valence-corrected chi connectivity index (χ4v) is 2.38. The van der Waals surface area contributed by atoms with Crippen molar-refractivity contribution in [2.45, 2.75) is 39.2 Å². The average molecular weight is 271 g/mol. The van der Waals surface area contributed by atoms with Crippen LogP contribution in [-0.4, -0.2) is 53.7 Å². The number of carboxylic acids is 1. The molecule has 0 bridgehead atoms. The summed E-state index contributed by atoms with van der Waals surface area (Å²) in [6, 6.07) is -0.291. The predicted octanol–water partition coefficient (Wildman–Crippen LogP) is 0.881. The lowest BCUT2D eigenvalue weighted by Gasteiger charge is -2.25. The van der Waals surface area contributed by atoms with E-state index >= 15 is 0 Å². The minimum Gasteiger partial charge on any atom is -0.481 e. The highest BCUT2D eigenvalue weighted by Gasteiger charge is 2.25. The van der Waals surface area contributed by atoms with E-state index in [0.717, 1.165) is 26.1 Å². The first kappa shape index (κ1) is 15.8. The average Bonchev–Trinajstić information content (AvgIpc) is 2.71. The SMILES string of the molecule is CCN1CCC(CNC(=O)NC(C)(C)CC(=O)O)C1. The molecule has 0 saturated carbocycles. The maximum Gasteiger partial charge on any atom is 0.315 e. The van der Waals surface area contributed by atoms with Crippen LogP contribution >= 0.6 is 0 Å². The van der Waals surface area contributed by atoms with Gasteiger partial charge < -0.3 is 20.6 Å². The number of carboxylic acid groups (broad SMARTS) is 1. The lowest BCUT2D eigenvalue weighted by Crippen LogP contribution is -2.50. The van der Waals surface area contributed by atoms with Crippen molar-refractivity contribution in [2.75, 3.05) is 26.2 Å². The van der Waals surface area contributed by atoms with Crippen molar-refractivity contribution >= 4 is 12.0 Å². The van der Waals surface area contributed by atoms with Crippen LogP contribution in [0, 0.1) is 5.92 Å². The lowest BCUT2D eigenvalue weighted by atomic mass is 10.0. The maximum atomic E-state index is 11.7. The van der Waals surface area contributed by atoms with Crippen molar-refractivity contribution < 1.29 is 14.7 Å². The van der Waals surface area contributed by atoms with Crippen molar-refractivity contribution in [3.8, 4) is 0 Å². The third kappa shape index (κ3) is 5.92. The Morgan fingerprint density at radius 3 is 2.63 bits per heavy atom. The number of likely N-dealkylation sites (tertiary alicyclic amines) is 1. The molecule has 1 heterocycles. The Kier molecular flexibility index (Phi) is 5.60. The molecule has 1 aliphatic rings. The van der Waals surface area contributed by atoms with E-state index in [9.17, 15) is 9.59 Å². The van der Waals surface area contributed by atoms with Gasteiger partial charge in [0.15, 0.2) is 0 Å². The van der Waals surface area contributed by atoms with Crippen molar-refractivity contribution in [1.82, 2.24) is 15.5 Å². The minimum atomic E-state index is -0.917. The van der Waals surface area contributed by atoms with Gasteiger partial charge in [-0.2, -0.15) is 0 Å². The minimum absolute atomic E-state index is 0.0898. The smallest absolute Gasteiger partial charge is 0.315 e. The summed E-state index contributed by atoms with van der Waals surface area (Å²) in [4.78, 5) is 24.7. The molecule has 3 N–H and O–H groups in total. The van der Waals surface area contributed by atoms with E-state index in [2.05, 4.69) is 22.5 Å². The van der Waals surface area contributed by atoms with Crippen molar-refractivity contribution in [3.05, 3.63) is 0 Å². The molecule has 110 valence electrons. The molecule has 0 radical (unpaired) electrons. The molecule has 0 aliphatic carbocycles. The quantitative estimate of drug-likeness (QED) is 0.670. The number of carbonyl (C=O) groups excluding carboxylic acids is 1. The summed E-state index contributed by atoms with van der Waals surface area (Å²) in [7, 11) is 0. The Balaban J connectivity index is 2.26. The fourth-order valence-electron chi connectivity index (χ4n) is 2.38. The highest BCUT2D eigenvalue weighted by Crippen LogP contribution is 2.14. The molecular weight excluding hydrogens is 246 g/mol. The summed E-state index contributed by atoms with van der Waals surface area (Å²) >= 11 is 0. The second-order valence-electron chi connectivity index (χ2n) is 5.84. The fraction of sp³-hybridized carbons (Fsp3) is 0.846. The maximum absolute atomic E-state index is 11.7. The van der Waals surface area contributed by atoms with Crippen molar-refractivity contribution in [1.29, 1.82) is 0 Å². The van der Waals surface area contributed by atoms with Gasteiger partial charge >= 0.3 is 12.0 Å². The summed E-state index contributed by atoms with van der Waals surface area (Å²) < 4.78 is 0. The summed E-state index contributed by atoms with van der Waals surface area (Å²) in [6.07, 6.45) is 1.01. The van der Waals surface area contributed by atoms with Crippen LogP contribution < -0.4 is 10.6 Å². The van der Waals surface area contributed by atoms with Crippen LogP contribution in [0.5, 0.6) is 0 Å². The number of amides is 2. The molecule has 1 saturated heterocycles. The molecule has 6 heteroatoms. The highest BCUT2D eigenvalue weighted by atomic mass is 16.4. The number of carbonyl (C=O) groups is 2. The van der Waals surface area contributed by atoms with Crippen LogP contribution in [0.15, 0.2) is 0 Å². The van der Waals surface area contributed by atoms with Gasteiger partial charge in [0.1, 0.15) is 0 Å². The first-order chi connectivity index (χ1) is 8.82. The topological polar surface area (TPSA) is 81.7 Å². The number of hydrogen-bond donors (Lipinski definition) is 3. The van der Waals surface area contributed by atoms with Crippen LogP contribution in [0.1, 0.15) is 33.6 Å². The molecule has 1 fully saturated rings. The van der Waals surface area contributed by atoms with Crippen molar-refractivity contribution in [3.63, 3.8) is 0 Å². The van der Waals surface area contributed by atoms with Gasteiger partial charge in [0.2, 0.25) is 0 Å². The molecule has 0 aromatic rings. The first-order valence-electron chi connectivity index (χ1n) is 6.82. The molecule has 1 aliphatic heterocycles. The molecule has 0 aromatic heterocycles. The number of urea groups is 1. The number of aliphatic carboxylic acids is 1. The van der Waals surface area contributed by atoms with Gasteiger partial charge in [0.05, 0.1) is 6.42 Å². The largest absolute Gasteiger partial charge is 0.481 e. The monoisotopic (exact) mass is 271 g/mol. The molecule has 1 atom stereocenters. The van der Waals surface area contributed by atoms with Gasteiger partial charge in [-0.3, -0.25) is 4.79 Å². The van der Waals surface area contributed by atoms with E-state index in [4.69, 9.17) is 5.11 Å². The van der Waals surface area contributed by atoms with Crippen molar-refractivity contribution in [2.24, 2.45) is 5.92 Å². The summed E-state index contributed by atoms with van der Waals surface area (Å²) in [5.74, 6) is -0.423. The molecule has 1 rings (SSSR count). The Morgan fingerprint density at radius 2 is 2.11 bits per heavy atom. The molecule has 0 aromatic carbocycles. The first-order valence-corrected chi connectivity index (χ1v) is 6.82. The molecule has 6 nitrogen and oxygen atoms in total. The number of hydrogen-bond acceptors (Lipinski definition) is 3. The number of nitrogens with zero attached hydrogens (tertiary/aromatic N) is 1. The standard InChI is InChI=1S/C13H25N3O3/c1-4-16-6-5-10(9-16)8-14-12(19)15-13(2,3)7-11(17)18/h10H,4-9H2,1-3H3,(H,17,18)(H2,14,15,19). The second-order valence-corrected chi connectivity index (χ2v) is 5.84. The molecule has 1 unspecified atom stereocenters. The van der Waals surface area contributed by atoms with Gasteiger partial charge in [-0.05, 0) is 39.3 Å². The second kappa shape index (κ2) is 6.75. The lowest BCUT2D eigenvalue weighted by molar-refractivity contribution is -0.138. The van der Waals surface area contributed by atoms with E-state index < -0.39 is 11.5 Å². The molecule has 2 amide bonds. The zero-order valence-electron chi connectivity index (χ0n) is 12.0. The van der Waals surface area contributed by atoms with Crippen LogP contribution in [-0.2, 0) is 4.79 Å². The Labute approximate surface area is 114 Å². The molecular formula is C13H25N3O3. The van der Waals surface area contributed by atoms with Crippen LogP contribution in [0.3, 0.4) is 0 Å². The zero-order chi connectivity index (χ0) is 14.5. The Bertz CT molecular complexity index is 331. The van der Waals surface area contributed by atoms with E-state index in [-0.39, 0.29) is 12.5 Å². The van der Waals surface area contributed by atoms with Gasteiger partial charge in [0, 0.05) is 18.6 Å². The van der Waals surface area contributed by atoms with E-state index in [1.807, 2.05) is 0 Å². The van der Waals surface area contributed by atoms with Crippen LogP contribution in [0.4, 0.5) is 4.79 Å². The van der Waals surface area contributed by atoms with Gasteiger partial charge in [-0.15, -0.1) is 0 Å². The number of rotatable bonds is 6. The summed E-state index contributed by atoms with van der Waals surface area (Å²) in [6.45, 7) is 9.35. The van der Waals surface area contributed by atoms with Crippen LogP contribution in [0.25, 0.3) is 0 Å². The van der Waals surface area contributed by atoms with E-state index in [1.54, 1.807) is 13.8 Å². The predicted molar refractivity (Wildman–Crippen MR) is 73.1 cm³/mol. The Hall–Kier alpha value is -1.30. The summed E-state index contributed by atoms with van der Waals surface area (Å²) in [5, 5.41) is 14.3. The Morgan fingerprint density at radius 1 is 1.42 bits per heavy atom. The summed E-state index contributed by atoms with van der Waals surface area (Å²) in [5.41, 5.74) is -0.735.